The minimum Gasteiger partial charge on any atom is -0.394 e. The second-order valence-electron chi connectivity index (χ2n) is 3.05. The molecule has 0 aromatic heterocycles. The van der Waals surface area contributed by atoms with Crippen molar-refractivity contribution >= 4 is 0 Å². The van der Waals surface area contributed by atoms with Crippen LogP contribution in [0.3, 0.4) is 0 Å². The van der Waals surface area contributed by atoms with Crippen LogP contribution in [0.4, 0.5) is 0 Å². The number of unbranched alkanes of at least 4 members (excludes halogenated alkanes) is 1. The van der Waals surface area contributed by atoms with Crippen LogP contribution < -0.4 is 0 Å². The van der Waals surface area contributed by atoms with Crippen molar-refractivity contribution in [2.24, 2.45) is 0 Å². The van der Waals surface area contributed by atoms with Gasteiger partial charge in [0.25, 0.3) is 0 Å². The third kappa shape index (κ3) is 8.22. The molecule has 0 bridgehead atoms. The van der Waals surface area contributed by atoms with Gasteiger partial charge in [-0.1, -0.05) is 20.3 Å². The van der Waals surface area contributed by atoms with Gasteiger partial charge in [0.2, 0.25) is 0 Å². The fourth-order valence-electron chi connectivity index (χ4n) is 0.957. The summed E-state index contributed by atoms with van der Waals surface area (Å²) in [7, 11) is 0. The van der Waals surface area contributed by atoms with Gasteiger partial charge in [-0.05, 0) is 12.8 Å². The molecule has 0 aliphatic rings. The molecule has 0 spiro atoms. The quantitative estimate of drug-likeness (QED) is 0.561. The number of aliphatic hydroxyl groups is 1. The molecule has 0 rings (SSSR count). The van der Waals surface area contributed by atoms with Crippen LogP contribution in [0.2, 0.25) is 0 Å². The molecule has 0 saturated heterocycles. The second kappa shape index (κ2) is 9.96. The van der Waals surface area contributed by atoms with E-state index in [1.165, 1.54) is 0 Å². The molecular formula is C10H22O3. The Morgan fingerprint density at radius 1 is 1.23 bits per heavy atom. The average molecular weight is 190 g/mol. The van der Waals surface area contributed by atoms with Crippen molar-refractivity contribution in [2.45, 2.75) is 39.2 Å². The normalized spacial score (nSPS) is 13.2. The van der Waals surface area contributed by atoms with Crippen molar-refractivity contribution in [3.8, 4) is 0 Å². The summed E-state index contributed by atoms with van der Waals surface area (Å²) in [6, 6.07) is 0. The highest BCUT2D eigenvalue weighted by Gasteiger charge is 2.05. The van der Waals surface area contributed by atoms with E-state index in [0.717, 1.165) is 25.9 Å². The molecule has 0 aliphatic carbocycles. The largest absolute Gasteiger partial charge is 0.394 e. The van der Waals surface area contributed by atoms with Gasteiger partial charge in [0, 0.05) is 6.61 Å². The Balaban J connectivity index is 3.28. The Labute approximate surface area is 81.0 Å². The lowest BCUT2D eigenvalue weighted by molar-refractivity contribution is -0.0257. The Morgan fingerprint density at radius 3 is 2.54 bits per heavy atom. The number of ether oxygens (including phenoxy) is 2. The monoisotopic (exact) mass is 190 g/mol. The van der Waals surface area contributed by atoms with Crippen LogP contribution in [-0.2, 0) is 9.47 Å². The Bertz CT molecular complexity index is 86.2. The van der Waals surface area contributed by atoms with Crippen LogP contribution in [0.15, 0.2) is 0 Å². The summed E-state index contributed by atoms with van der Waals surface area (Å²) in [5, 5.41) is 8.50. The zero-order chi connectivity index (χ0) is 9.94. The molecule has 1 atom stereocenters. The number of rotatable bonds is 9. The van der Waals surface area contributed by atoms with E-state index >= 15 is 0 Å². The van der Waals surface area contributed by atoms with E-state index in [-0.39, 0.29) is 12.7 Å². The van der Waals surface area contributed by atoms with Crippen LogP contribution in [0, 0.1) is 0 Å². The maximum absolute atomic E-state index is 8.50. The van der Waals surface area contributed by atoms with E-state index in [0.29, 0.717) is 13.2 Å². The Kier molecular flexibility index (Phi) is 9.87. The first-order chi connectivity index (χ1) is 6.35. The lowest BCUT2D eigenvalue weighted by atomic mass is 10.3. The van der Waals surface area contributed by atoms with E-state index in [2.05, 4.69) is 13.8 Å². The van der Waals surface area contributed by atoms with Gasteiger partial charge < -0.3 is 14.6 Å². The third-order valence-electron chi connectivity index (χ3n) is 1.85. The molecule has 3 heteroatoms. The van der Waals surface area contributed by atoms with E-state index in [9.17, 15) is 0 Å². The lowest BCUT2D eigenvalue weighted by Gasteiger charge is -2.15. The zero-order valence-corrected chi connectivity index (χ0v) is 8.79. The molecule has 0 aromatic rings. The fourth-order valence-corrected chi connectivity index (χ4v) is 0.957. The SMILES string of the molecule is CCCCOC(CC)COCCO. The second-order valence-corrected chi connectivity index (χ2v) is 3.05. The number of hydrogen-bond donors (Lipinski definition) is 1. The third-order valence-corrected chi connectivity index (χ3v) is 1.85. The smallest absolute Gasteiger partial charge is 0.0805 e. The van der Waals surface area contributed by atoms with Crippen LogP contribution in [0.1, 0.15) is 33.1 Å². The van der Waals surface area contributed by atoms with Gasteiger partial charge in [-0.3, -0.25) is 0 Å². The first kappa shape index (κ1) is 12.9. The molecule has 1 unspecified atom stereocenters. The first-order valence-electron chi connectivity index (χ1n) is 5.15. The van der Waals surface area contributed by atoms with Crippen LogP contribution in [0.5, 0.6) is 0 Å². The molecule has 80 valence electrons. The molecule has 0 radical (unpaired) electrons. The minimum atomic E-state index is 0.0887. The highest BCUT2D eigenvalue weighted by molar-refractivity contribution is 4.53. The van der Waals surface area contributed by atoms with Gasteiger partial charge in [0.1, 0.15) is 0 Å². The van der Waals surface area contributed by atoms with E-state index in [1.54, 1.807) is 0 Å². The van der Waals surface area contributed by atoms with E-state index in [1.807, 2.05) is 0 Å². The summed E-state index contributed by atoms with van der Waals surface area (Å²) < 4.78 is 10.8. The van der Waals surface area contributed by atoms with Gasteiger partial charge in [-0.25, -0.2) is 0 Å². The van der Waals surface area contributed by atoms with E-state index in [4.69, 9.17) is 14.6 Å². The maximum atomic E-state index is 8.50. The summed E-state index contributed by atoms with van der Waals surface area (Å²) in [6.07, 6.45) is 3.43. The summed E-state index contributed by atoms with van der Waals surface area (Å²) in [5.41, 5.74) is 0. The highest BCUT2D eigenvalue weighted by atomic mass is 16.5. The van der Waals surface area contributed by atoms with Crippen molar-refractivity contribution in [3.63, 3.8) is 0 Å². The molecule has 0 aliphatic heterocycles. The van der Waals surface area contributed by atoms with Crippen molar-refractivity contribution in [1.29, 1.82) is 0 Å². The molecule has 0 saturated carbocycles. The van der Waals surface area contributed by atoms with E-state index < -0.39 is 0 Å². The molecule has 0 amide bonds. The van der Waals surface area contributed by atoms with Crippen molar-refractivity contribution in [2.75, 3.05) is 26.4 Å². The molecule has 13 heavy (non-hydrogen) atoms. The molecular weight excluding hydrogens is 168 g/mol. The molecule has 0 aromatic carbocycles. The predicted molar refractivity (Wildman–Crippen MR) is 52.8 cm³/mol. The Morgan fingerprint density at radius 2 is 2.00 bits per heavy atom. The Hall–Kier alpha value is -0.120. The zero-order valence-electron chi connectivity index (χ0n) is 8.79. The topological polar surface area (TPSA) is 38.7 Å². The lowest BCUT2D eigenvalue weighted by Crippen LogP contribution is -2.20. The van der Waals surface area contributed by atoms with Crippen LogP contribution in [0.25, 0.3) is 0 Å². The van der Waals surface area contributed by atoms with Crippen molar-refractivity contribution in [1.82, 2.24) is 0 Å². The minimum absolute atomic E-state index is 0.0887. The summed E-state index contributed by atoms with van der Waals surface area (Å²) in [4.78, 5) is 0. The number of aliphatic hydroxyl groups excluding tert-OH is 1. The van der Waals surface area contributed by atoms with Crippen molar-refractivity contribution in [3.05, 3.63) is 0 Å². The van der Waals surface area contributed by atoms with Gasteiger partial charge >= 0.3 is 0 Å². The molecule has 3 nitrogen and oxygen atoms in total. The first-order valence-corrected chi connectivity index (χ1v) is 5.15. The summed E-state index contributed by atoms with van der Waals surface area (Å²) >= 11 is 0. The van der Waals surface area contributed by atoms with Gasteiger partial charge in [0.15, 0.2) is 0 Å². The summed E-state index contributed by atoms with van der Waals surface area (Å²) in [6.45, 7) is 6.14. The van der Waals surface area contributed by atoms with Crippen LogP contribution >= 0.6 is 0 Å². The molecule has 0 heterocycles. The number of hydrogen-bond acceptors (Lipinski definition) is 3. The standard InChI is InChI=1S/C10H22O3/c1-3-5-7-13-10(4-2)9-12-8-6-11/h10-11H,3-9H2,1-2H3. The van der Waals surface area contributed by atoms with Crippen molar-refractivity contribution < 1.29 is 14.6 Å². The molecule has 0 fully saturated rings. The van der Waals surface area contributed by atoms with Gasteiger partial charge in [0.05, 0.1) is 25.9 Å². The predicted octanol–water partition coefficient (Wildman–Crippen LogP) is 1.59. The van der Waals surface area contributed by atoms with Gasteiger partial charge in [-0.2, -0.15) is 0 Å². The average Bonchev–Trinajstić information content (AvgIpc) is 2.16. The highest BCUT2D eigenvalue weighted by Crippen LogP contribution is 2.00. The fraction of sp³-hybridized carbons (Fsp3) is 1.00. The van der Waals surface area contributed by atoms with Crippen LogP contribution in [-0.4, -0.2) is 37.6 Å². The van der Waals surface area contributed by atoms with Gasteiger partial charge in [-0.15, -0.1) is 0 Å². The summed E-state index contributed by atoms with van der Waals surface area (Å²) in [5.74, 6) is 0. The maximum Gasteiger partial charge on any atom is 0.0805 e. The molecule has 1 N–H and O–H groups in total.